The molecule has 5 atom stereocenters. The second kappa shape index (κ2) is 18.7. The zero-order valence-electron chi connectivity index (χ0n) is 25.7. The Labute approximate surface area is 281 Å². The van der Waals surface area contributed by atoms with Crippen molar-refractivity contribution in [1.29, 1.82) is 0 Å². The van der Waals surface area contributed by atoms with Crippen molar-refractivity contribution in [3.63, 3.8) is 0 Å². The first-order chi connectivity index (χ1) is 22.7. The zero-order chi connectivity index (χ0) is 31.8. The summed E-state index contributed by atoms with van der Waals surface area (Å²) in [6.45, 7) is 5.51. The molecule has 240 valence electrons. The second-order valence-corrected chi connectivity index (χ2v) is 12.4. The van der Waals surface area contributed by atoms with Crippen molar-refractivity contribution in [3.8, 4) is 0 Å². The van der Waals surface area contributed by atoms with Gasteiger partial charge in [-0.1, -0.05) is 139 Å². The highest BCUT2D eigenvalue weighted by Gasteiger charge is 2.50. The van der Waals surface area contributed by atoms with Crippen molar-refractivity contribution in [3.05, 3.63) is 156 Å². The molecule has 4 aromatic carbocycles. The SMILES string of the molecule is C=CCSC(=S)O[C@H]1O[C@H](COCc2ccccc2)[C@@H](OCc2ccccc2)[C@H](OCc2ccccc2)[C@H]1OCc1ccccc1. The van der Waals surface area contributed by atoms with E-state index in [0.717, 1.165) is 22.3 Å². The number of hydrogen-bond donors (Lipinski definition) is 0. The molecule has 0 radical (unpaired) electrons. The van der Waals surface area contributed by atoms with Crippen LogP contribution < -0.4 is 0 Å². The zero-order valence-corrected chi connectivity index (χ0v) is 27.4. The number of thioether (sulfide) groups is 1. The molecule has 1 saturated heterocycles. The lowest BCUT2D eigenvalue weighted by Crippen LogP contribution is -2.62. The first-order valence-corrected chi connectivity index (χ1v) is 16.8. The van der Waals surface area contributed by atoms with Crippen molar-refractivity contribution < 1.29 is 28.4 Å². The van der Waals surface area contributed by atoms with Gasteiger partial charge in [0.15, 0.2) is 0 Å². The average molecular weight is 657 g/mol. The van der Waals surface area contributed by atoms with Gasteiger partial charge >= 0.3 is 0 Å². The van der Waals surface area contributed by atoms with Gasteiger partial charge in [-0.15, -0.1) is 6.58 Å². The maximum atomic E-state index is 6.73. The van der Waals surface area contributed by atoms with E-state index >= 15 is 0 Å². The van der Waals surface area contributed by atoms with E-state index < -0.39 is 30.7 Å². The summed E-state index contributed by atoms with van der Waals surface area (Å²) < 4.78 is 39.5. The predicted molar refractivity (Wildman–Crippen MR) is 186 cm³/mol. The van der Waals surface area contributed by atoms with Gasteiger partial charge in [0.05, 0.1) is 33.0 Å². The summed E-state index contributed by atoms with van der Waals surface area (Å²) in [5.74, 6) is 0.613. The molecule has 0 N–H and O–H groups in total. The Bertz CT molecular complexity index is 1440. The van der Waals surface area contributed by atoms with E-state index in [9.17, 15) is 0 Å². The molecule has 0 unspecified atom stereocenters. The lowest BCUT2D eigenvalue weighted by molar-refractivity contribution is -0.312. The fourth-order valence-electron chi connectivity index (χ4n) is 5.10. The lowest BCUT2D eigenvalue weighted by atomic mass is 9.97. The Morgan fingerprint density at radius 1 is 0.630 bits per heavy atom. The number of hydrogen-bond acceptors (Lipinski definition) is 8. The molecule has 1 aliphatic heterocycles. The van der Waals surface area contributed by atoms with E-state index in [1.54, 1.807) is 6.08 Å². The summed E-state index contributed by atoms with van der Waals surface area (Å²) in [4.78, 5) is 0. The van der Waals surface area contributed by atoms with Crippen molar-refractivity contribution in [2.24, 2.45) is 0 Å². The molecule has 0 spiro atoms. The van der Waals surface area contributed by atoms with E-state index in [1.807, 2.05) is 121 Å². The van der Waals surface area contributed by atoms with Crippen LogP contribution in [-0.2, 0) is 54.8 Å². The molecule has 5 rings (SSSR count). The fraction of sp³-hybridized carbons (Fsp3) is 0.289. The minimum Gasteiger partial charge on any atom is -0.446 e. The third-order valence-corrected chi connectivity index (χ3v) is 8.56. The van der Waals surface area contributed by atoms with Crippen LogP contribution in [0.5, 0.6) is 0 Å². The van der Waals surface area contributed by atoms with Gasteiger partial charge in [-0.05, 0) is 34.5 Å². The van der Waals surface area contributed by atoms with Crippen molar-refractivity contribution in [2.45, 2.75) is 57.1 Å². The number of thiocarbonyl (C=S) groups is 1. The van der Waals surface area contributed by atoms with Gasteiger partial charge in [-0.25, -0.2) is 0 Å². The van der Waals surface area contributed by atoms with Crippen molar-refractivity contribution in [1.82, 2.24) is 0 Å². The summed E-state index contributed by atoms with van der Waals surface area (Å²) in [6, 6.07) is 40.1. The summed E-state index contributed by atoms with van der Waals surface area (Å²) in [5, 5.41) is 0. The van der Waals surface area contributed by atoms with Gasteiger partial charge in [0.1, 0.15) is 24.4 Å². The molecule has 1 aliphatic rings. The van der Waals surface area contributed by atoms with Crippen LogP contribution in [0.1, 0.15) is 22.3 Å². The summed E-state index contributed by atoms with van der Waals surface area (Å²) in [5.41, 5.74) is 4.15. The molecule has 1 fully saturated rings. The first kappa shape index (κ1) is 34.0. The third kappa shape index (κ3) is 10.6. The van der Waals surface area contributed by atoms with Gasteiger partial charge in [0.25, 0.3) is 0 Å². The quantitative estimate of drug-likeness (QED) is 0.0892. The van der Waals surface area contributed by atoms with Gasteiger partial charge in [0, 0.05) is 5.75 Å². The highest BCUT2D eigenvalue weighted by atomic mass is 32.2. The molecule has 0 bridgehead atoms. The largest absolute Gasteiger partial charge is 0.446 e. The van der Waals surface area contributed by atoms with Gasteiger partial charge in [-0.2, -0.15) is 0 Å². The maximum Gasteiger partial charge on any atom is 0.231 e. The Hall–Kier alpha value is -3.34. The Kier molecular flexibility index (Phi) is 13.8. The molecule has 0 aliphatic carbocycles. The summed E-state index contributed by atoms with van der Waals surface area (Å²) in [7, 11) is 0. The Balaban J connectivity index is 1.44. The highest BCUT2D eigenvalue weighted by molar-refractivity contribution is 8.22. The van der Waals surface area contributed by atoms with E-state index in [2.05, 4.69) is 6.58 Å². The van der Waals surface area contributed by atoms with E-state index in [0.29, 0.717) is 36.6 Å². The minimum absolute atomic E-state index is 0.247. The molecule has 0 amide bonds. The standard InChI is InChI=1S/C38H40O6S2/c1-2-23-46-38(45)44-37-36(42-27-32-21-13-6-14-22-32)35(41-26-31-19-11-5-12-20-31)34(40-25-30-17-9-4-10-18-30)33(43-37)28-39-24-29-15-7-3-8-16-29/h2-22,33-37H,1,23-28H2/t33-,34-,35+,36-,37-/m1/s1. The number of ether oxygens (including phenoxy) is 6. The molecule has 1 heterocycles. The number of rotatable bonds is 16. The van der Waals surface area contributed by atoms with Crippen LogP contribution in [0, 0.1) is 0 Å². The van der Waals surface area contributed by atoms with E-state index in [1.165, 1.54) is 11.8 Å². The molecular formula is C38H40O6S2. The second-order valence-electron chi connectivity index (χ2n) is 10.8. The van der Waals surface area contributed by atoms with Crippen LogP contribution in [0.15, 0.2) is 134 Å². The smallest absolute Gasteiger partial charge is 0.231 e. The molecule has 0 saturated carbocycles. The van der Waals surface area contributed by atoms with Crippen LogP contribution in [0.3, 0.4) is 0 Å². The van der Waals surface area contributed by atoms with Crippen LogP contribution in [-0.4, -0.2) is 47.4 Å². The normalized spacial score (nSPS) is 21.0. The Morgan fingerprint density at radius 2 is 1.07 bits per heavy atom. The van der Waals surface area contributed by atoms with E-state index in [-0.39, 0.29) is 6.61 Å². The fourth-order valence-corrected chi connectivity index (χ4v) is 5.81. The van der Waals surface area contributed by atoms with E-state index in [4.69, 9.17) is 40.6 Å². The van der Waals surface area contributed by atoms with Crippen LogP contribution in [0.2, 0.25) is 0 Å². The minimum atomic E-state index is -0.865. The van der Waals surface area contributed by atoms with Gasteiger partial charge in [0.2, 0.25) is 10.7 Å². The molecule has 6 nitrogen and oxygen atoms in total. The predicted octanol–water partition coefficient (Wildman–Crippen LogP) is 7.91. The molecule has 8 heteroatoms. The molecular weight excluding hydrogens is 617 g/mol. The molecule has 4 aromatic rings. The van der Waals surface area contributed by atoms with Gasteiger partial charge < -0.3 is 28.4 Å². The lowest BCUT2D eigenvalue weighted by Gasteiger charge is -2.45. The third-order valence-electron chi connectivity index (χ3n) is 7.37. The first-order valence-electron chi connectivity index (χ1n) is 15.4. The summed E-state index contributed by atoms with van der Waals surface area (Å²) >= 11 is 6.97. The van der Waals surface area contributed by atoms with Crippen molar-refractivity contribution in [2.75, 3.05) is 12.4 Å². The maximum absolute atomic E-state index is 6.73. The van der Waals surface area contributed by atoms with Crippen LogP contribution >= 0.6 is 24.0 Å². The average Bonchev–Trinajstić information content (AvgIpc) is 3.10. The topological polar surface area (TPSA) is 55.4 Å². The molecule has 46 heavy (non-hydrogen) atoms. The van der Waals surface area contributed by atoms with Crippen LogP contribution in [0.4, 0.5) is 0 Å². The monoisotopic (exact) mass is 656 g/mol. The van der Waals surface area contributed by atoms with Crippen molar-refractivity contribution >= 4 is 28.4 Å². The molecule has 0 aromatic heterocycles. The Morgan fingerprint density at radius 3 is 1.54 bits per heavy atom. The van der Waals surface area contributed by atoms with Gasteiger partial charge in [-0.3, -0.25) is 0 Å². The number of benzene rings is 4. The summed E-state index contributed by atoms with van der Waals surface area (Å²) in [6.07, 6.45) is -1.42. The van der Waals surface area contributed by atoms with Crippen LogP contribution in [0.25, 0.3) is 0 Å². The highest BCUT2D eigenvalue weighted by Crippen LogP contribution is 2.32.